The number of aryl methyl sites for hydroxylation is 2. The normalized spacial score (nSPS) is 21.6. The number of carbonyl (C=O) groups excluding carboxylic acids is 1. The zero-order valence-corrected chi connectivity index (χ0v) is 16.5. The van der Waals surface area contributed by atoms with Gasteiger partial charge in [0.05, 0.1) is 29.2 Å². The molecule has 2 aromatic heterocycles. The van der Waals surface area contributed by atoms with Gasteiger partial charge in [-0.05, 0) is 44.9 Å². The first-order valence-electron chi connectivity index (χ1n) is 10.4. The molecule has 1 saturated carbocycles. The molecule has 0 spiro atoms. The lowest BCUT2D eigenvalue weighted by Crippen LogP contribution is -2.40. The lowest BCUT2D eigenvalue weighted by atomic mass is 9.86. The number of likely N-dealkylation sites (tertiary alicyclic amines) is 1. The monoisotopic (exact) mass is 370 g/mol. The van der Waals surface area contributed by atoms with Gasteiger partial charge in [-0.3, -0.25) is 9.48 Å². The van der Waals surface area contributed by atoms with Crippen molar-refractivity contribution in [1.29, 1.82) is 0 Å². The van der Waals surface area contributed by atoms with Gasteiger partial charge in [-0.2, -0.15) is 5.10 Å². The molecule has 1 amide bonds. The van der Waals surface area contributed by atoms with E-state index in [1.165, 1.54) is 32.1 Å². The molecule has 0 bridgehead atoms. The van der Waals surface area contributed by atoms with Crippen LogP contribution in [0.1, 0.15) is 75.2 Å². The molecule has 0 aromatic carbocycles. The lowest BCUT2D eigenvalue weighted by Gasteiger charge is -2.37. The van der Waals surface area contributed by atoms with Crippen LogP contribution in [0, 0.1) is 12.8 Å². The summed E-state index contributed by atoms with van der Waals surface area (Å²) in [5, 5.41) is 8.51. The zero-order valence-electron chi connectivity index (χ0n) is 16.5. The Bertz CT molecular complexity index is 788. The van der Waals surface area contributed by atoms with E-state index in [0.717, 1.165) is 48.5 Å². The molecule has 1 unspecified atom stereocenters. The Hall–Kier alpha value is -2.11. The molecule has 2 fully saturated rings. The predicted octanol–water partition coefficient (Wildman–Crippen LogP) is 4.41. The van der Waals surface area contributed by atoms with Gasteiger partial charge in [0.1, 0.15) is 0 Å². The molecular weight excluding hydrogens is 340 g/mol. The smallest absolute Gasteiger partial charge is 0.223 e. The van der Waals surface area contributed by atoms with Gasteiger partial charge in [0.15, 0.2) is 5.76 Å². The highest BCUT2D eigenvalue weighted by molar-refractivity contribution is 5.77. The van der Waals surface area contributed by atoms with Gasteiger partial charge < -0.3 is 9.42 Å². The fourth-order valence-corrected chi connectivity index (χ4v) is 4.79. The fourth-order valence-electron chi connectivity index (χ4n) is 4.79. The topological polar surface area (TPSA) is 64.2 Å². The van der Waals surface area contributed by atoms with Crippen molar-refractivity contribution in [1.82, 2.24) is 19.8 Å². The molecule has 1 aliphatic heterocycles. The average Bonchev–Trinajstić information content (AvgIpc) is 3.28. The van der Waals surface area contributed by atoms with E-state index < -0.39 is 0 Å². The van der Waals surface area contributed by atoms with E-state index in [0.29, 0.717) is 18.2 Å². The molecule has 0 radical (unpaired) electrons. The minimum Gasteiger partial charge on any atom is -0.356 e. The number of carbonyl (C=O) groups is 1. The molecule has 6 heteroatoms. The van der Waals surface area contributed by atoms with Crippen LogP contribution >= 0.6 is 0 Å². The van der Waals surface area contributed by atoms with Crippen LogP contribution in [0.4, 0.5) is 0 Å². The Labute approximate surface area is 160 Å². The van der Waals surface area contributed by atoms with E-state index >= 15 is 0 Å². The van der Waals surface area contributed by atoms with E-state index in [2.05, 4.69) is 15.2 Å². The van der Waals surface area contributed by atoms with E-state index in [-0.39, 0.29) is 6.04 Å². The van der Waals surface area contributed by atoms with Gasteiger partial charge in [-0.25, -0.2) is 0 Å². The van der Waals surface area contributed by atoms with E-state index in [4.69, 9.17) is 4.52 Å². The fraction of sp³-hybridized carbons (Fsp3) is 0.667. The lowest BCUT2D eigenvalue weighted by molar-refractivity contribution is -0.136. The quantitative estimate of drug-likeness (QED) is 0.800. The molecule has 2 aliphatic rings. The van der Waals surface area contributed by atoms with E-state index in [9.17, 15) is 4.79 Å². The van der Waals surface area contributed by atoms with Crippen LogP contribution in [0.15, 0.2) is 16.8 Å². The standard InChI is InChI=1S/C21H30N4O2/c1-15-12-19(27-23-15)17-14-22-24(2)21(17)18-10-6-7-11-25(18)20(26)13-16-8-4-3-5-9-16/h12,14,16,18H,3-11,13H2,1-2H3. The SMILES string of the molecule is Cc1cc(-c2cnn(C)c2C2CCCCN2C(=O)CC2CCCCC2)on1. The second kappa shape index (κ2) is 7.87. The Morgan fingerprint density at radius 2 is 1.96 bits per heavy atom. The van der Waals surface area contributed by atoms with Crippen molar-refractivity contribution in [2.75, 3.05) is 6.54 Å². The van der Waals surface area contributed by atoms with Crippen LogP contribution in [0.5, 0.6) is 0 Å². The minimum atomic E-state index is 0.0720. The first kappa shape index (κ1) is 18.3. The Balaban J connectivity index is 1.59. The summed E-state index contributed by atoms with van der Waals surface area (Å²) in [5.74, 6) is 1.62. The third kappa shape index (κ3) is 3.80. The number of rotatable bonds is 4. The van der Waals surface area contributed by atoms with Crippen molar-refractivity contribution in [3.05, 3.63) is 23.7 Å². The van der Waals surface area contributed by atoms with Crippen LogP contribution in [-0.4, -0.2) is 32.3 Å². The van der Waals surface area contributed by atoms with Crippen LogP contribution < -0.4 is 0 Å². The predicted molar refractivity (Wildman–Crippen MR) is 103 cm³/mol. The Morgan fingerprint density at radius 1 is 1.19 bits per heavy atom. The summed E-state index contributed by atoms with van der Waals surface area (Å²) in [5.41, 5.74) is 2.89. The molecule has 1 aliphatic carbocycles. The molecule has 1 atom stereocenters. The number of amides is 1. The van der Waals surface area contributed by atoms with Crippen LogP contribution in [0.25, 0.3) is 11.3 Å². The number of nitrogens with zero attached hydrogens (tertiary/aromatic N) is 4. The maximum absolute atomic E-state index is 13.2. The summed E-state index contributed by atoms with van der Waals surface area (Å²) in [6.07, 6.45) is 12.0. The second-order valence-electron chi connectivity index (χ2n) is 8.21. The first-order valence-corrected chi connectivity index (χ1v) is 10.4. The Kier molecular flexibility index (Phi) is 5.32. The van der Waals surface area contributed by atoms with Crippen LogP contribution in [0.2, 0.25) is 0 Å². The molecule has 2 aromatic rings. The summed E-state index contributed by atoms with van der Waals surface area (Å²) in [4.78, 5) is 15.3. The summed E-state index contributed by atoms with van der Waals surface area (Å²) >= 11 is 0. The first-order chi connectivity index (χ1) is 13.1. The summed E-state index contributed by atoms with van der Waals surface area (Å²) in [7, 11) is 1.96. The molecule has 1 saturated heterocycles. The highest BCUT2D eigenvalue weighted by Gasteiger charge is 2.33. The average molecular weight is 370 g/mol. The third-order valence-corrected chi connectivity index (χ3v) is 6.20. The Morgan fingerprint density at radius 3 is 2.70 bits per heavy atom. The summed E-state index contributed by atoms with van der Waals surface area (Å²) < 4.78 is 7.41. The largest absolute Gasteiger partial charge is 0.356 e. The molecule has 3 heterocycles. The molecule has 6 nitrogen and oxygen atoms in total. The highest BCUT2D eigenvalue weighted by atomic mass is 16.5. The molecule has 27 heavy (non-hydrogen) atoms. The summed E-state index contributed by atoms with van der Waals surface area (Å²) in [6, 6.07) is 2.01. The van der Waals surface area contributed by atoms with Gasteiger partial charge in [-0.15, -0.1) is 0 Å². The van der Waals surface area contributed by atoms with Crippen molar-refractivity contribution in [2.45, 2.75) is 70.8 Å². The minimum absolute atomic E-state index is 0.0720. The van der Waals surface area contributed by atoms with Crippen LogP contribution in [-0.2, 0) is 11.8 Å². The number of hydrogen-bond acceptors (Lipinski definition) is 4. The van der Waals surface area contributed by atoms with Crippen molar-refractivity contribution < 1.29 is 9.32 Å². The van der Waals surface area contributed by atoms with Gasteiger partial charge in [0.25, 0.3) is 0 Å². The van der Waals surface area contributed by atoms with Gasteiger partial charge in [0, 0.05) is 26.1 Å². The van der Waals surface area contributed by atoms with E-state index in [1.807, 2.05) is 30.9 Å². The summed E-state index contributed by atoms with van der Waals surface area (Å²) in [6.45, 7) is 2.76. The number of piperidine rings is 1. The van der Waals surface area contributed by atoms with Gasteiger partial charge in [0.2, 0.25) is 5.91 Å². The molecule has 0 N–H and O–H groups in total. The maximum Gasteiger partial charge on any atom is 0.223 e. The maximum atomic E-state index is 13.2. The molecule has 146 valence electrons. The highest BCUT2D eigenvalue weighted by Crippen LogP contribution is 2.38. The molecular formula is C21H30N4O2. The van der Waals surface area contributed by atoms with Crippen molar-refractivity contribution >= 4 is 5.91 Å². The van der Waals surface area contributed by atoms with Crippen molar-refractivity contribution in [2.24, 2.45) is 13.0 Å². The molecule has 4 rings (SSSR count). The van der Waals surface area contributed by atoms with Crippen molar-refractivity contribution in [3.8, 4) is 11.3 Å². The van der Waals surface area contributed by atoms with E-state index in [1.54, 1.807) is 0 Å². The number of aromatic nitrogens is 3. The number of hydrogen-bond donors (Lipinski definition) is 0. The van der Waals surface area contributed by atoms with Crippen LogP contribution in [0.3, 0.4) is 0 Å². The van der Waals surface area contributed by atoms with Crippen molar-refractivity contribution in [3.63, 3.8) is 0 Å². The third-order valence-electron chi connectivity index (χ3n) is 6.20. The second-order valence-corrected chi connectivity index (χ2v) is 8.21. The van der Waals surface area contributed by atoms with Gasteiger partial charge in [-0.1, -0.05) is 24.4 Å². The zero-order chi connectivity index (χ0) is 18.8. The van der Waals surface area contributed by atoms with Gasteiger partial charge >= 0.3 is 0 Å².